The number of hydrogen-bond acceptors (Lipinski definition) is 4. The fraction of sp³-hybridized carbons (Fsp3) is 0.286. The van der Waals surface area contributed by atoms with E-state index in [1.807, 2.05) is 30.3 Å². The zero-order valence-corrected chi connectivity index (χ0v) is 16.0. The maximum absolute atomic E-state index is 12.8. The van der Waals surface area contributed by atoms with Crippen molar-refractivity contribution in [1.29, 1.82) is 0 Å². The first-order chi connectivity index (χ1) is 13.5. The Morgan fingerprint density at radius 1 is 1.11 bits per heavy atom. The average Bonchev–Trinajstić information content (AvgIpc) is 3.12. The molecule has 144 valence electrons. The molecule has 2 aliphatic rings. The third-order valence-corrected chi connectivity index (χ3v) is 5.30. The van der Waals surface area contributed by atoms with Crippen molar-refractivity contribution >= 4 is 34.8 Å². The smallest absolute Gasteiger partial charge is 0.273 e. The lowest BCUT2D eigenvalue weighted by atomic mass is 9.87. The fourth-order valence-corrected chi connectivity index (χ4v) is 3.76. The molecule has 2 amide bonds. The van der Waals surface area contributed by atoms with Gasteiger partial charge in [0.25, 0.3) is 11.8 Å². The number of oxime groups is 1. The molecule has 7 heteroatoms. The molecule has 6 nitrogen and oxygen atoms in total. The molecule has 2 heterocycles. The van der Waals surface area contributed by atoms with Crippen LogP contribution in [0.15, 0.2) is 59.8 Å². The Morgan fingerprint density at radius 3 is 2.61 bits per heavy atom. The van der Waals surface area contributed by atoms with Crippen molar-refractivity contribution in [2.75, 3.05) is 18.4 Å². The molecule has 1 spiro atoms. The molecule has 1 N–H and O–H groups in total. The molecule has 0 radical (unpaired) electrons. The number of para-hydroxylation sites is 1. The molecule has 0 bridgehead atoms. The van der Waals surface area contributed by atoms with Crippen LogP contribution in [0.2, 0.25) is 5.02 Å². The number of nitrogens with one attached hydrogen (secondary N) is 1. The van der Waals surface area contributed by atoms with Gasteiger partial charge in [0.05, 0.1) is 6.54 Å². The number of halogens is 1. The predicted octanol–water partition coefficient (Wildman–Crippen LogP) is 3.73. The summed E-state index contributed by atoms with van der Waals surface area (Å²) in [6, 6.07) is 16.1. The molecule has 0 aliphatic carbocycles. The van der Waals surface area contributed by atoms with Crippen LogP contribution in [0.5, 0.6) is 0 Å². The number of anilines is 1. The minimum absolute atomic E-state index is 0.0680. The Balaban J connectivity index is 1.41. The van der Waals surface area contributed by atoms with Crippen LogP contribution in [0.1, 0.15) is 29.6 Å². The predicted molar refractivity (Wildman–Crippen MR) is 108 cm³/mol. The van der Waals surface area contributed by atoms with Crippen molar-refractivity contribution in [3.8, 4) is 0 Å². The summed E-state index contributed by atoms with van der Waals surface area (Å²) in [6.45, 7) is 1.05. The molecule has 2 aliphatic heterocycles. The van der Waals surface area contributed by atoms with Crippen molar-refractivity contribution in [2.24, 2.45) is 5.16 Å². The third kappa shape index (κ3) is 3.87. The maximum atomic E-state index is 12.8. The minimum atomic E-state index is -0.635. The van der Waals surface area contributed by atoms with Gasteiger partial charge in [0.15, 0.2) is 5.60 Å². The average molecular weight is 398 g/mol. The van der Waals surface area contributed by atoms with Crippen LogP contribution in [0, 0.1) is 0 Å². The highest BCUT2D eigenvalue weighted by molar-refractivity contribution is 6.43. The Hall–Kier alpha value is -2.86. The Kier molecular flexibility index (Phi) is 5.05. The molecule has 1 unspecified atom stereocenters. The molecule has 1 saturated heterocycles. The van der Waals surface area contributed by atoms with Crippen LogP contribution in [-0.4, -0.2) is 41.1 Å². The number of carbonyl (C=O) groups is 2. The van der Waals surface area contributed by atoms with Crippen LogP contribution < -0.4 is 5.32 Å². The van der Waals surface area contributed by atoms with Crippen molar-refractivity contribution in [2.45, 2.75) is 24.9 Å². The SMILES string of the molecule is O=C(Nc1ccccc1)C1=NOC2(CCCN(C(=O)c3ccc(Cl)cc3)C2)C1. The molecule has 0 saturated carbocycles. The fourth-order valence-electron chi connectivity index (χ4n) is 3.63. The summed E-state index contributed by atoms with van der Waals surface area (Å²) in [5.74, 6) is -0.342. The first kappa shape index (κ1) is 18.5. The number of amides is 2. The van der Waals surface area contributed by atoms with Crippen molar-refractivity contribution in [3.05, 3.63) is 65.2 Å². The number of benzene rings is 2. The summed E-state index contributed by atoms with van der Waals surface area (Å²) in [5.41, 5.74) is 1.01. The van der Waals surface area contributed by atoms with E-state index >= 15 is 0 Å². The Labute approximate surface area is 168 Å². The van der Waals surface area contributed by atoms with Gasteiger partial charge in [-0.05, 0) is 49.2 Å². The van der Waals surface area contributed by atoms with Gasteiger partial charge in [-0.25, -0.2) is 0 Å². The number of nitrogens with zero attached hydrogens (tertiary/aromatic N) is 2. The number of hydrogen-bond donors (Lipinski definition) is 1. The van der Waals surface area contributed by atoms with Gasteiger partial charge in [0, 0.05) is 29.2 Å². The van der Waals surface area contributed by atoms with E-state index in [-0.39, 0.29) is 11.8 Å². The van der Waals surface area contributed by atoms with Crippen LogP contribution in [0.25, 0.3) is 0 Å². The summed E-state index contributed by atoms with van der Waals surface area (Å²) in [4.78, 5) is 32.8. The minimum Gasteiger partial charge on any atom is -0.386 e. The van der Waals surface area contributed by atoms with Gasteiger partial charge in [-0.15, -0.1) is 0 Å². The van der Waals surface area contributed by atoms with Crippen LogP contribution in [-0.2, 0) is 9.63 Å². The first-order valence-electron chi connectivity index (χ1n) is 9.21. The van der Waals surface area contributed by atoms with Gasteiger partial charge in [0.2, 0.25) is 0 Å². The van der Waals surface area contributed by atoms with Gasteiger partial charge in [-0.2, -0.15) is 0 Å². The highest BCUT2D eigenvalue weighted by atomic mass is 35.5. The third-order valence-electron chi connectivity index (χ3n) is 5.05. The molecule has 1 atom stereocenters. The van der Waals surface area contributed by atoms with Gasteiger partial charge in [-0.1, -0.05) is 35.0 Å². The second-order valence-electron chi connectivity index (χ2n) is 7.15. The lowest BCUT2D eigenvalue weighted by molar-refractivity contribution is -0.110. The van der Waals surface area contributed by atoms with Crippen LogP contribution in [0.4, 0.5) is 5.69 Å². The normalized spacial score (nSPS) is 21.2. The summed E-state index contributed by atoms with van der Waals surface area (Å²) in [6.07, 6.45) is 1.93. The highest BCUT2D eigenvalue weighted by Gasteiger charge is 2.45. The van der Waals surface area contributed by atoms with E-state index in [0.29, 0.717) is 41.5 Å². The molecule has 1 fully saturated rings. The van der Waals surface area contributed by atoms with Gasteiger partial charge in [-0.3, -0.25) is 9.59 Å². The Morgan fingerprint density at radius 2 is 1.86 bits per heavy atom. The number of piperidine rings is 1. The molecule has 28 heavy (non-hydrogen) atoms. The first-order valence-corrected chi connectivity index (χ1v) is 9.59. The lowest BCUT2D eigenvalue weighted by Crippen LogP contribution is -2.50. The van der Waals surface area contributed by atoms with E-state index in [0.717, 1.165) is 12.8 Å². The zero-order valence-electron chi connectivity index (χ0n) is 15.2. The molecule has 4 rings (SSSR count). The monoisotopic (exact) mass is 397 g/mol. The second kappa shape index (κ2) is 7.64. The van der Waals surface area contributed by atoms with Crippen molar-refractivity contribution < 1.29 is 14.4 Å². The molecule has 0 aromatic heterocycles. The number of carbonyl (C=O) groups excluding carboxylic acids is 2. The quantitative estimate of drug-likeness (QED) is 0.857. The summed E-state index contributed by atoms with van der Waals surface area (Å²) < 4.78 is 0. The summed E-state index contributed by atoms with van der Waals surface area (Å²) in [5, 5.41) is 7.46. The number of rotatable bonds is 3. The van der Waals surface area contributed by atoms with E-state index in [1.165, 1.54) is 0 Å². The van der Waals surface area contributed by atoms with Crippen LogP contribution >= 0.6 is 11.6 Å². The maximum Gasteiger partial charge on any atom is 0.273 e. The topological polar surface area (TPSA) is 71.0 Å². The summed E-state index contributed by atoms with van der Waals surface area (Å²) >= 11 is 5.91. The van der Waals surface area contributed by atoms with E-state index in [9.17, 15) is 9.59 Å². The van der Waals surface area contributed by atoms with E-state index in [2.05, 4.69) is 10.5 Å². The number of likely N-dealkylation sites (tertiary alicyclic amines) is 1. The molecule has 2 aromatic rings. The van der Waals surface area contributed by atoms with Crippen molar-refractivity contribution in [1.82, 2.24) is 4.90 Å². The van der Waals surface area contributed by atoms with Gasteiger partial charge >= 0.3 is 0 Å². The second-order valence-corrected chi connectivity index (χ2v) is 7.58. The molecular formula is C21H20ClN3O3. The molecular weight excluding hydrogens is 378 g/mol. The van der Waals surface area contributed by atoms with E-state index in [1.54, 1.807) is 29.2 Å². The van der Waals surface area contributed by atoms with E-state index < -0.39 is 5.60 Å². The lowest BCUT2D eigenvalue weighted by Gasteiger charge is -2.38. The van der Waals surface area contributed by atoms with Crippen molar-refractivity contribution in [3.63, 3.8) is 0 Å². The van der Waals surface area contributed by atoms with Gasteiger partial charge < -0.3 is 15.1 Å². The summed E-state index contributed by atoms with van der Waals surface area (Å²) in [7, 11) is 0. The van der Waals surface area contributed by atoms with E-state index in [4.69, 9.17) is 16.4 Å². The zero-order chi connectivity index (χ0) is 19.6. The standard InChI is InChI=1S/C21H20ClN3O3/c22-16-9-7-15(8-10-16)20(27)25-12-4-11-21(14-25)13-18(24-28-21)19(26)23-17-5-2-1-3-6-17/h1-3,5-10H,4,11-14H2,(H,23,26). The van der Waals surface area contributed by atoms with Gasteiger partial charge in [0.1, 0.15) is 5.71 Å². The van der Waals surface area contributed by atoms with Crippen LogP contribution in [0.3, 0.4) is 0 Å². The Bertz CT molecular complexity index is 914. The largest absolute Gasteiger partial charge is 0.386 e. The highest BCUT2D eigenvalue weighted by Crippen LogP contribution is 2.34. The molecule has 2 aromatic carbocycles.